The fourth-order valence-corrected chi connectivity index (χ4v) is 1.93. The lowest BCUT2D eigenvalue weighted by Crippen LogP contribution is -2.45. The molecule has 0 heterocycles. The Morgan fingerprint density at radius 3 is 2.33 bits per heavy atom. The van der Waals surface area contributed by atoms with Gasteiger partial charge in [0.15, 0.2) is 0 Å². The molecule has 0 spiro atoms. The van der Waals surface area contributed by atoms with Crippen LogP contribution >= 0.6 is 0 Å². The summed E-state index contributed by atoms with van der Waals surface area (Å²) < 4.78 is 9.82. The van der Waals surface area contributed by atoms with Crippen molar-refractivity contribution in [3.05, 3.63) is 34.9 Å². The first-order valence-electron chi connectivity index (χ1n) is 7.20. The molecule has 1 unspecified atom stereocenters. The number of esters is 1. The predicted octanol–water partition coefficient (Wildman–Crippen LogP) is 2.04. The minimum Gasteiger partial charge on any atom is -0.467 e. The summed E-state index contributed by atoms with van der Waals surface area (Å²) in [5.74, 6) is -0.635. The van der Waals surface area contributed by atoms with E-state index >= 15 is 0 Å². The highest BCUT2D eigenvalue weighted by Gasteiger charge is 2.25. The molecule has 0 radical (unpaired) electrons. The van der Waals surface area contributed by atoms with E-state index in [2.05, 4.69) is 5.32 Å². The molecule has 1 aromatic rings. The maximum Gasteiger partial charge on any atom is 0.408 e. The Balaban J connectivity index is 2.96. The summed E-state index contributed by atoms with van der Waals surface area (Å²) in [5.41, 5.74) is 0.358. The van der Waals surface area contributed by atoms with Crippen LogP contribution in [0.1, 0.15) is 37.5 Å². The van der Waals surface area contributed by atoms with Crippen LogP contribution in [0.3, 0.4) is 0 Å². The fraction of sp³-hybridized carbons (Fsp3) is 0.412. The van der Waals surface area contributed by atoms with Crippen LogP contribution in [0.5, 0.6) is 0 Å². The van der Waals surface area contributed by atoms with Crippen molar-refractivity contribution in [2.75, 3.05) is 7.11 Å². The topological polar surface area (TPSA) is 112 Å². The highest BCUT2D eigenvalue weighted by atomic mass is 16.6. The molecular weight excluding hydrogens is 310 g/mol. The van der Waals surface area contributed by atoms with Gasteiger partial charge in [-0.3, -0.25) is 0 Å². The van der Waals surface area contributed by atoms with E-state index in [0.717, 1.165) is 0 Å². The second-order valence-corrected chi connectivity index (χ2v) is 6.03. The van der Waals surface area contributed by atoms with Gasteiger partial charge in [0.2, 0.25) is 0 Å². The zero-order valence-electron chi connectivity index (χ0n) is 14.0. The Labute approximate surface area is 140 Å². The number of methoxy groups -OCH3 is 1. The number of hydrogen-bond donors (Lipinski definition) is 1. The Morgan fingerprint density at radius 1 is 1.21 bits per heavy atom. The van der Waals surface area contributed by atoms with Gasteiger partial charge in [-0.25, -0.2) is 9.59 Å². The number of nitrogens with one attached hydrogen (secondary N) is 1. The van der Waals surface area contributed by atoms with E-state index in [1.165, 1.54) is 19.2 Å². The van der Waals surface area contributed by atoms with Crippen LogP contribution in [0, 0.1) is 22.7 Å². The van der Waals surface area contributed by atoms with Crippen LogP contribution in [0.25, 0.3) is 0 Å². The summed E-state index contributed by atoms with van der Waals surface area (Å²) in [7, 11) is 1.21. The fourth-order valence-electron chi connectivity index (χ4n) is 1.93. The summed E-state index contributed by atoms with van der Waals surface area (Å²) in [6, 6.07) is 7.49. The second-order valence-electron chi connectivity index (χ2n) is 6.03. The number of ether oxygens (including phenoxy) is 2. The lowest BCUT2D eigenvalue weighted by atomic mass is 10.0. The third kappa shape index (κ3) is 5.62. The molecule has 1 amide bonds. The zero-order valence-corrected chi connectivity index (χ0v) is 14.0. The molecule has 0 aliphatic rings. The number of carbonyl (C=O) groups excluding carboxylic acids is 2. The number of carbonyl (C=O) groups is 2. The SMILES string of the molecule is COC(=O)C(Cc1ccc(C#N)c(C#N)c1)NC(=O)OC(C)(C)C. The minimum absolute atomic E-state index is 0.103. The van der Waals surface area contributed by atoms with Crippen molar-refractivity contribution >= 4 is 12.1 Å². The molecule has 0 aromatic heterocycles. The van der Waals surface area contributed by atoms with Crippen LogP contribution in [-0.4, -0.2) is 30.8 Å². The summed E-state index contributed by atoms with van der Waals surface area (Å²) >= 11 is 0. The summed E-state index contributed by atoms with van der Waals surface area (Å²) in [5, 5.41) is 20.4. The molecule has 1 N–H and O–H groups in total. The van der Waals surface area contributed by atoms with Crippen molar-refractivity contribution in [2.24, 2.45) is 0 Å². The molecule has 0 saturated carbocycles. The highest BCUT2D eigenvalue weighted by molar-refractivity contribution is 5.81. The number of nitrogens with zero attached hydrogens (tertiary/aromatic N) is 2. The second kappa shape index (κ2) is 7.98. The number of amides is 1. The maximum atomic E-state index is 11.9. The predicted molar refractivity (Wildman–Crippen MR) is 84.7 cm³/mol. The molecule has 1 rings (SSSR count). The van der Waals surface area contributed by atoms with Gasteiger partial charge in [0.25, 0.3) is 0 Å². The van der Waals surface area contributed by atoms with E-state index in [9.17, 15) is 9.59 Å². The number of nitriles is 2. The summed E-state index contributed by atoms with van der Waals surface area (Å²) in [6.07, 6.45) is -0.640. The molecule has 24 heavy (non-hydrogen) atoms. The molecule has 126 valence electrons. The van der Waals surface area contributed by atoms with Crippen LogP contribution in [-0.2, 0) is 20.7 Å². The Hall–Kier alpha value is -3.06. The van der Waals surface area contributed by atoms with E-state index in [-0.39, 0.29) is 17.5 Å². The normalized spacial score (nSPS) is 11.6. The number of hydrogen-bond acceptors (Lipinski definition) is 6. The number of alkyl carbamates (subject to hydrolysis) is 1. The first-order valence-corrected chi connectivity index (χ1v) is 7.20. The highest BCUT2D eigenvalue weighted by Crippen LogP contribution is 2.13. The molecule has 0 fully saturated rings. The smallest absolute Gasteiger partial charge is 0.408 e. The molecule has 7 nitrogen and oxygen atoms in total. The Bertz CT molecular complexity index is 708. The Morgan fingerprint density at radius 2 is 1.83 bits per heavy atom. The molecular formula is C17H19N3O4. The Kier molecular flexibility index (Phi) is 6.31. The van der Waals surface area contributed by atoms with Crippen molar-refractivity contribution in [2.45, 2.75) is 38.8 Å². The van der Waals surface area contributed by atoms with E-state index in [4.69, 9.17) is 20.0 Å². The van der Waals surface area contributed by atoms with Gasteiger partial charge in [-0.2, -0.15) is 10.5 Å². The van der Waals surface area contributed by atoms with E-state index < -0.39 is 23.7 Å². The standard InChI is InChI=1S/C17H19N3O4/c1-17(2,3)24-16(22)20-14(15(21)23-4)8-11-5-6-12(9-18)13(7-11)10-19/h5-7,14H,8H2,1-4H3,(H,20,22). The first kappa shape index (κ1) is 19.0. The largest absolute Gasteiger partial charge is 0.467 e. The minimum atomic E-state index is -0.968. The molecule has 1 aromatic carbocycles. The van der Waals surface area contributed by atoms with Gasteiger partial charge in [0, 0.05) is 6.42 Å². The van der Waals surface area contributed by atoms with Gasteiger partial charge in [-0.05, 0) is 38.5 Å². The lowest BCUT2D eigenvalue weighted by Gasteiger charge is -2.22. The van der Waals surface area contributed by atoms with Gasteiger partial charge < -0.3 is 14.8 Å². The van der Waals surface area contributed by atoms with E-state index in [1.54, 1.807) is 26.8 Å². The third-order valence-electron chi connectivity index (χ3n) is 2.94. The van der Waals surface area contributed by atoms with Gasteiger partial charge >= 0.3 is 12.1 Å². The van der Waals surface area contributed by atoms with Gasteiger partial charge in [-0.15, -0.1) is 0 Å². The summed E-state index contributed by atoms with van der Waals surface area (Å²) in [6.45, 7) is 5.12. The van der Waals surface area contributed by atoms with Crippen molar-refractivity contribution < 1.29 is 19.1 Å². The molecule has 0 aliphatic heterocycles. The molecule has 0 bridgehead atoms. The van der Waals surface area contributed by atoms with Crippen LogP contribution in [0.4, 0.5) is 4.79 Å². The molecule has 1 atom stereocenters. The van der Waals surface area contributed by atoms with Crippen LogP contribution in [0.2, 0.25) is 0 Å². The number of rotatable bonds is 4. The molecule has 0 saturated heterocycles. The van der Waals surface area contributed by atoms with E-state index in [0.29, 0.717) is 5.56 Å². The third-order valence-corrected chi connectivity index (χ3v) is 2.94. The summed E-state index contributed by atoms with van der Waals surface area (Å²) in [4.78, 5) is 23.8. The van der Waals surface area contributed by atoms with Crippen molar-refractivity contribution in [3.63, 3.8) is 0 Å². The quantitative estimate of drug-likeness (QED) is 0.846. The van der Waals surface area contributed by atoms with Crippen molar-refractivity contribution in [1.29, 1.82) is 10.5 Å². The average Bonchev–Trinajstić information content (AvgIpc) is 2.51. The van der Waals surface area contributed by atoms with Crippen LogP contribution < -0.4 is 5.32 Å². The average molecular weight is 329 g/mol. The van der Waals surface area contributed by atoms with Gasteiger partial charge in [0.05, 0.1) is 18.2 Å². The van der Waals surface area contributed by atoms with Crippen molar-refractivity contribution in [3.8, 4) is 12.1 Å². The van der Waals surface area contributed by atoms with Gasteiger partial charge in [-0.1, -0.05) is 6.07 Å². The molecule has 7 heteroatoms. The monoisotopic (exact) mass is 329 g/mol. The molecule has 0 aliphatic carbocycles. The maximum absolute atomic E-state index is 11.9. The van der Waals surface area contributed by atoms with Crippen molar-refractivity contribution in [1.82, 2.24) is 5.32 Å². The number of benzene rings is 1. The lowest BCUT2D eigenvalue weighted by molar-refractivity contribution is -0.143. The first-order chi connectivity index (χ1) is 11.2. The van der Waals surface area contributed by atoms with Crippen LogP contribution in [0.15, 0.2) is 18.2 Å². The van der Waals surface area contributed by atoms with Gasteiger partial charge in [0.1, 0.15) is 23.8 Å². The zero-order chi connectivity index (χ0) is 18.3. The van der Waals surface area contributed by atoms with E-state index in [1.807, 2.05) is 12.1 Å².